The maximum atomic E-state index is 13.0. The Kier molecular flexibility index (Phi) is 8.99. The molecule has 2 rings (SSSR count). The van der Waals surface area contributed by atoms with Crippen molar-refractivity contribution in [3.63, 3.8) is 0 Å². The van der Waals surface area contributed by atoms with Crippen LogP contribution in [0.5, 0.6) is 11.5 Å². The van der Waals surface area contributed by atoms with Gasteiger partial charge in [0.05, 0.1) is 12.1 Å². The van der Waals surface area contributed by atoms with Gasteiger partial charge < -0.3 is 19.7 Å². The average Bonchev–Trinajstić information content (AvgIpc) is 2.70. The summed E-state index contributed by atoms with van der Waals surface area (Å²) in [6.07, 6.45) is 0. The molecular weight excluding hydrogens is 472 g/mol. The molecule has 6 nitrogen and oxygen atoms in total. The lowest BCUT2D eigenvalue weighted by Gasteiger charge is -2.29. The van der Waals surface area contributed by atoms with Gasteiger partial charge in [-0.05, 0) is 56.7 Å². The Morgan fingerprint density at radius 1 is 1.17 bits per heavy atom. The van der Waals surface area contributed by atoms with E-state index in [2.05, 4.69) is 21.2 Å². The molecule has 0 saturated carbocycles. The van der Waals surface area contributed by atoms with Gasteiger partial charge in [-0.1, -0.05) is 39.7 Å². The van der Waals surface area contributed by atoms with E-state index in [-0.39, 0.29) is 31.0 Å². The monoisotopic (exact) mass is 496 g/mol. The normalized spacial score (nSPS) is 11.7. The molecule has 0 aliphatic rings. The quantitative estimate of drug-likeness (QED) is 0.556. The fourth-order valence-corrected chi connectivity index (χ4v) is 3.50. The van der Waals surface area contributed by atoms with Crippen molar-refractivity contribution >= 4 is 39.3 Å². The molecule has 0 spiro atoms. The second-order valence-electron chi connectivity index (χ2n) is 7.08. The van der Waals surface area contributed by atoms with Crippen LogP contribution in [0.25, 0.3) is 0 Å². The van der Waals surface area contributed by atoms with Crippen molar-refractivity contribution in [2.45, 2.75) is 39.4 Å². The summed E-state index contributed by atoms with van der Waals surface area (Å²) in [6, 6.07) is 11.8. The summed E-state index contributed by atoms with van der Waals surface area (Å²) in [4.78, 5) is 27.1. The highest BCUT2D eigenvalue weighted by atomic mass is 79.9. The lowest BCUT2D eigenvalue weighted by Crippen LogP contribution is -2.50. The first-order valence-corrected chi connectivity index (χ1v) is 10.7. The lowest BCUT2D eigenvalue weighted by atomic mass is 10.1. The van der Waals surface area contributed by atoms with Gasteiger partial charge in [0.1, 0.15) is 17.5 Å². The van der Waals surface area contributed by atoms with Crippen molar-refractivity contribution in [3.05, 3.63) is 57.5 Å². The Morgan fingerprint density at radius 3 is 2.53 bits per heavy atom. The summed E-state index contributed by atoms with van der Waals surface area (Å²) in [5.74, 6) is 0.511. The number of hydrogen-bond donors (Lipinski definition) is 1. The summed E-state index contributed by atoms with van der Waals surface area (Å²) in [5.41, 5.74) is 0.841. The summed E-state index contributed by atoms with van der Waals surface area (Å²) in [7, 11) is 1.58. The number of amides is 2. The summed E-state index contributed by atoms with van der Waals surface area (Å²) >= 11 is 9.50. The van der Waals surface area contributed by atoms with E-state index in [1.54, 1.807) is 32.2 Å². The van der Waals surface area contributed by atoms with E-state index < -0.39 is 6.04 Å². The van der Waals surface area contributed by atoms with Crippen molar-refractivity contribution in [1.29, 1.82) is 0 Å². The molecule has 162 valence electrons. The second-order valence-corrected chi connectivity index (χ2v) is 8.40. The van der Waals surface area contributed by atoms with Crippen molar-refractivity contribution in [2.75, 3.05) is 13.7 Å². The van der Waals surface area contributed by atoms with E-state index in [4.69, 9.17) is 21.1 Å². The molecule has 0 saturated heterocycles. The van der Waals surface area contributed by atoms with Crippen LogP contribution in [-0.4, -0.2) is 42.5 Å². The molecule has 0 bridgehead atoms. The number of carbonyl (C=O) groups is 2. The number of ether oxygens (including phenoxy) is 2. The topological polar surface area (TPSA) is 67.9 Å². The highest BCUT2D eigenvalue weighted by Gasteiger charge is 2.27. The molecule has 2 aromatic carbocycles. The smallest absolute Gasteiger partial charge is 0.261 e. The largest absolute Gasteiger partial charge is 0.497 e. The first kappa shape index (κ1) is 24.0. The van der Waals surface area contributed by atoms with Crippen LogP contribution < -0.4 is 14.8 Å². The Hall–Kier alpha value is -2.25. The summed E-state index contributed by atoms with van der Waals surface area (Å²) < 4.78 is 11.7. The number of halogens is 2. The molecule has 0 aromatic heterocycles. The van der Waals surface area contributed by atoms with Crippen LogP contribution in [0.2, 0.25) is 5.02 Å². The molecule has 1 N–H and O–H groups in total. The van der Waals surface area contributed by atoms with Gasteiger partial charge in [-0.15, -0.1) is 0 Å². The molecular formula is C22H26BrClN2O4. The molecule has 1 atom stereocenters. The van der Waals surface area contributed by atoms with Gasteiger partial charge in [0.2, 0.25) is 5.91 Å². The van der Waals surface area contributed by atoms with Crippen molar-refractivity contribution in [2.24, 2.45) is 0 Å². The van der Waals surface area contributed by atoms with E-state index in [1.165, 1.54) is 4.90 Å². The zero-order valence-electron chi connectivity index (χ0n) is 17.4. The molecule has 0 aliphatic carbocycles. The molecule has 0 radical (unpaired) electrons. The maximum absolute atomic E-state index is 13.0. The standard InChI is InChI=1S/C22H26BrClN2O4/c1-14(2)25-22(28)15(3)26(12-16-6-5-7-18(10-16)29-4)21(27)13-30-20-9-8-17(23)11-19(20)24/h5-11,14-15H,12-13H2,1-4H3,(H,25,28). The minimum absolute atomic E-state index is 0.0356. The Balaban J connectivity index is 2.19. The fraction of sp³-hybridized carbons (Fsp3) is 0.364. The number of carbonyl (C=O) groups excluding carboxylic acids is 2. The molecule has 30 heavy (non-hydrogen) atoms. The minimum Gasteiger partial charge on any atom is -0.497 e. The van der Waals surface area contributed by atoms with Gasteiger partial charge in [-0.2, -0.15) is 0 Å². The Bertz CT molecular complexity index is 891. The molecule has 1 unspecified atom stereocenters. The van der Waals surface area contributed by atoms with Gasteiger partial charge in [0, 0.05) is 17.1 Å². The molecule has 0 fully saturated rings. The first-order valence-electron chi connectivity index (χ1n) is 9.52. The van der Waals surface area contributed by atoms with E-state index in [9.17, 15) is 9.59 Å². The number of nitrogens with one attached hydrogen (secondary N) is 1. The fourth-order valence-electron chi connectivity index (χ4n) is 2.77. The van der Waals surface area contributed by atoms with Gasteiger partial charge in [-0.3, -0.25) is 9.59 Å². The number of nitrogens with zero attached hydrogens (tertiary/aromatic N) is 1. The molecule has 0 aliphatic heterocycles. The van der Waals surface area contributed by atoms with Crippen molar-refractivity contribution in [3.8, 4) is 11.5 Å². The van der Waals surface area contributed by atoms with Gasteiger partial charge in [-0.25, -0.2) is 0 Å². The highest BCUT2D eigenvalue weighted by molar-refractivity contribution is 9.10. The summed E-state index contributed by atoms with van der Waals surface area (Å²) in [5, 5.41) is 3.24. The zero-order chi connectivity index (χ0) is 22.3. The molecule has 2 aromatic rings. The molecule has 2 amide bonds. The van der Waals surface area contributed by atoms with Crippen LogP contribution in [-0.2, 0) is 16.1 Å². The van der Waals surface area contributed by atoms with Crippen LogP contribution in [0.1, 0.15) is 26.3 Å². The predicted molar refractivity (Wildman–Crippen MR) is 121 cm³/mol. The first-order chi connectivity index (χ1) is 14.2. The van der Waals surface area contributed by atoms with Gasteiger partial charge in [0.25, 0.3) is 5.91 Å². The second kappa shape index (κ2) is 11.2. The van der Waals surface area contributed by atoms with Crippen LogP contribution >= 0.6 is 27.5 Å². The van der Waals surface area contributed by atoms with E-state index in [0.717, 1.165) is 10.0 Å². The molecule has 8 heteroatoms. The molecule has 0 heterocycles. The maximum Gasteiger partial charge on any atom is 0.261 e. The number of methoxy groups -OCH3 is 1. The Morgan fingerprint density at radius 2 is 1.90 bits per heavy atom. The number of benzene rings is 2. The number of hydrogen-bond acceptors (Lipinski definition) is 4. The van der Waals surface area contributed by atoms with Crippen LogP contribution in [0.4, 0.5) is 0 Å². The lowest BCUT2D eigenvalue weighted by molar-refractivity contribution is -0.142. The van der Waals surface area contributed by atoms with Crippen molar-refractivity contribution < 1.29 is 19.1 Å². The average molecular weight is 498 g/mol. The third-order valence-corrected chi connectivity index (χ3v) is 5.12. The summed E-state index contributed by atoms with van der Waals surface area (Å²) in [6.45, 7) is 5.43. The van der Waals surface area contributed by atoms with E-state index in [0.29, 0.717) is 16.5 Å². The van der Waals surface area contributed by atoms with Crippen LogP contribution in [0.15, 0.2) is 46.9 Å². The van der Waals surface area contributed by atoms with E-state index >= 15 is 0 Å². The van der Waals surface area contributed by atoms with E-state index in [1.807, 2.05) is 38.1 Å². The van der Waals surface area contributed by atoms with Gasteiger partial charge >= 0.3 is 0 Å². The van der Waals surface area contributed by atoms with Crippen LogP contribution in [0, 0.1) is 0 Å². The van der Waals surface area contributed by atoms with Gasteiger partial charge in [0.15, 0.2) is 6.61 Å². The third kappa shape index (κ3) is 6.92. The predicted octanol–water partition coefficient (Wildman–Crippen LogP) is 4.43. The van der Waals surface area contributed by atoms with Crippen LogP contribution in [0.3, 0.4) is 0 Å². The third-order valence-electron chi connectivity index (χ3n) is 4.33. The zero-order valence-corrected chi connectivity index (χ0v) is 19.8. The van der Waals surface area contributed by atoms with Crippen molar-refractivity contribution in [1.82, 2.24) is 10.2 Å². The Labute approximate surface area is 190 Å². The minimum atomic E-state index is -0.685. The SMILES string of the molecule is COc1cccc(CN(C(=O)COc2ccc(Br)cc2Cl)C(C)C(=O)NC(C)C)c1. The number of rotatable bonds is 9. The highest BCUT2D eigenvalue weighted by Crippen LogP contribution is 2.28.